The summed E-state index contributed by atoms with van der Waals surface area (Å²) < 4.78 is 2.26. The molecule has 2 aromatic carbocycles. The van der Waals surface area contributed by atoms with Crippen molar-refractivity contribution in [1.82, 2.24) is 24.8 Å². The minimum atomic E-state index is -1.23. The van der Waals surface area contributed by atoms with Gasteiger partial charge in [0.05, 0.1) is 17.3 Å². The molecule has 0 saturated carbocycles. The average molecular weight is 368 g/mol. The quantitative estimate of drug-likeness (QED) is 0.596. The highest BCUT2D eigenvalue weighted by Crippen LogP contribution is 2.19. The molecule has 0 aliphatic carbocycles. The van der Waals surface area contributed by atoms with E-state index < -0.39 is 11.5 Å². The molecule has 2 heterocycles. The largest absolute Gasteiger partial charge is 0.477 e. The van der Waals surface area contributed by atoms with Gasteiger partial charge in [-0.2, -0.15) is 9.78 Å². The Morgan fingerprint density at radius 3 is 2.58 bits per heavy atom. The van der Waals surface area contributed by atoms with Crippen LogP contribution in [-0.2, 0) is 0 Å². The molecule has 0 spiro atoms. The summed E-state index contributed by atoms with van der Waals surface area (Å²) in [5.41, 5.74) is 0.215. The van der Waals surface area contributed by atoms with E-state index in [9.17, 15) is 14.7 Å². The Labute approximate surface area is 150 Å². The third-order valence-electron chi connectivity index (χ3n) is 3.80. The monoisotopic (exact) mass is 367 g/mol. The van der Waals surface area contributed by atoms with Crippen LogP contribution in [0.2, 0.25) is 5.02 Å². The zero-order chi connectivity index (χ0) is 18.3. The van der Waals surface area contributed by atoms with Crippen LogP contribution in [0.4, 0.5) is 0 Å². The van der Waals surface area contributed by atoms with Gasteiger partial charge in [0.1, 0.15) is 11.1 Å². The zero-order valence-electron chi connectivity index (χ0n) is 13.1. The van der Waals surface area contributed by atoms with Gasteiger partial charge >= 0.3 is 5.97 Å². The molecular formula is C17H10ClN5O3. The summed E-state index contributed by atoms with van der Waals surface area (Å²) in [5.74, 6) is -1.23. The summed E-state index contributed by atoms with van der Waals surface area (Å²) in [5, 5.41) is 22.2. The van der Waals surface area contributed by atoms with Crippen LogP contribution in [0, 0.1) is 0 Å². The van der Waals surface area contributed by atoms with E-state index >= 15 is 0 Å². The van der Waals surface area contributed by atoms with Crippen molar-refractivity contribution in [2.75, 3.05) is 0 Å². The number of aromatic carboxylic acids is 1. The van der Waals surface area contributed by atoms with E-state index in [2.05, 4.69) is 15.4 Å². The van der Waals surface area contributed by atoms with E-state index in [1.54, 1.807) is 30.3 Å². The Morgan fingerprint density at radius 1 is 1.08 bits per heavy atom. The first-order chi connectivity index (χ1) is 12.6. The molecule has 26 heavy (non-hydrogen) atoms. The van der Waals surface area contributed by atoms with Crippen molar-refractivity contribution in [1.29, 1.82) is 0 Å². The second-order valence-electron chi connectivity index (χ2n) is 5.40. The van der Waals surface area contributed by atoms with Gasteiger partial charge in [-0.25, -0.2) is 9.48 Å². The molecule has 0 fully saturated rings. The predicted octanol–water partition coefficient (Wildman–Crippen LogP) is 2.32. The summed E-state index contributed by atoms with van der Waals surface area (Å²) in [4.78, 5) is 24.5. The normalized spacial score (nSPS) is 11.0. The number of nitrogens with zero attached hydrogens (tertiary/aromatic N) is 5. The van der Waals surface area contributed by atoms with Crippen molar-refractivity contribution in [2.45, 2.75) is 0 Å². The van der Waals surface area contributed by atoms with E-state index in [0.29, 0.717) is 16.2 Å². The predicted molar refractivity (Wildman–Crippen MR) is 94.2 cm³/mol. The number of benzene rings is 2. The molecule has 0 unspecified atom stereocenters. The molecule has 4 aromatic rings. The van der Waals surface area contributed by atoms with Gasteiger partial charge in [0, 0.05) is 5.02 Å². The molecule has 0 aliphatic rings. The highest BCUT2D eigenvalue weighted by atomic mass is 35.5. The summed E-state index contributed by atoms with van der Waals surface area (Å²) in [6, 6.07) is 13.4. The minimum Gasteiger partial charge on any atom is -0.477 e. The van der Waals surface area contributed by atoms with Crippen molar-refractivity contribution in [3.05, 3.63) is 75.7 Å². The fourth-order valence-electron chi connectivity index (χ4n) is 2.61. The van der Waals surface area contributed by atoms with Gasteiger partial charge in [0.25, 0.3) is 5.56 Å². The Kier molecular flexibility index (Phi) is 3.74. The maximum Gasteiger partial charge on any atom is 0.341 e. The summed E-state index contributed by atoms with van der Waals surface area (Å²) in [6.07, 6.45) is 1.17. The molecule has 1 N–H and O–H groups in total. The average Bonchev–Trinajstić information content (AvgIpc) is 3.08. The van der Waals surface area contributed by atoms with E-state index in [0.717, 1.165) is 4.68 Å². The van der Waals surface area contributed by atoms with Crippen LogP contribution in [0.3, 0.4) is 0 Å². The van der Waals surface area contributed by atoms with Crippen LogP contribution >= 0.6 is 11.6 Å². The van der Waals surface area contributed by atoms with Crippen molar-refractivity contribution in [3.63, 3.8) is 0 Å². The van der Waals surface area contributed by atoms with Gasteiger partial charge in [0.15, 0.2) is 5.82 Å². The molecule has 0 amide bonds. The Morgan fingerprint density at radius 2 is 1.85 bits per heavy atom. The van der Waals surface area contributed by atoms with Crippen molar-refractivity contribution in [3.8, 4) is 11.5 Å². The molecule has 2 aromatic heterocycles. The van der Waals surface area contributed by atoms with Crippen LogP contribution in [0.1, 0.15) is 10.4 Å². The first-order valence-electron chi connectivity index (χ1n) is 7.48. The van der Waals surface area contributed by atoms with Gasteiger partial charge < -0.3 is 5.11 Å². The SMILES string of the molecule is O=C(O)c1cnn(-c2ccccc2)c1-n1nnc2cc(Cl)ccc2c1=O. The lowest BCUT2D eigenvalue weighted by atomic mass is 10.2. The number of halogens is 1. The first-order valence-corrected chi connectivity index (χ1v) is 7.86. The lowest BCUT2D eigenvalue weighted by Gasteiger charge is -2.10. The topological polar surface area (TPSA) is 103 Å². The smallest absolute Gasteiger partial charge is 0.341 e. The van der Waals surface area contributed by atoms with Crippen LogP contribution in [0.15, 0.2) is 59.5 Å². The second-order valence-corrected chi connectivity index (χ2v) is 5.84. The van der Waals surface area contributed by atoms with E-state index in [-0.39, 0.29) is 16.8 Å². The van der Waals surface area contributed by atoms with E-state index in [1.165, 1.54) is 23.0 Å². The number of aromatic nitrogens is 5. The molecule has 0 aliphatic heterocycles. The van der Waals surface area contributed by atoms with Crippen molar-refractivity contribution in [2.24, 2.45) is 0 Å². The molecule has 9 heteroatoms. The van der Waals surface area contributed by atoms with Gasteiger partial charge in [-0.15, -0.1) is 5.10 Å². The number of carbonyl (C=O) groups is 1. The number of rotatable bonds is 3. The number of para-hydroxylation sites is 1. The minimum absolute atomic E-state index is 0.00181. The molecule has 0 bridgehead atoms. The highest BCUT2D eigenvalue weighted by Gasteiger charge is 2.22. The first kappa shape index (κ1) is 16.0. The number of carboxylic acids is 1. The fraction of sp³-hybridized carbons (Fsp3) is 0. The summed E-state index contributed by atoms with van der Waals surface area (Å²) >= 11 is 5.91. The zero-order valence-corrected chi connectivity index (χ0v) is 13.8. The molecular weight excluding hydrogens is 358 g/mol. The van der Waals surface area contributed by atoms with Gasteiger partial charge in [0.2, 0.25) is 0 Å². The number of carboxylic acid groups (broad SMARTS) is 1. The third kappa shape index (κ3) is 2.52. The maximum atomic E-state index is 12.9. The van der Waals surface area contributed by atoms with Crippen LogP contribution in [0.25, 0.3) is 22.4 Å². The lowest BCUT2D eigenvalue weighted by molar-refractivity contribution is 0.0696. The Balaban J connectivity index is 2.04. The molecule has 128 valence electrons. The molecule has 4 rings (SSSR count). The van der Waals surface area contributed by atoms with Crippen LogP contribution in [-0.4, -0.2) is 35.9 Å². The highest BCUT2D eigenvalue weighted by molar-refractivity contribution is 6.31. The van der Waals surface area contributed by atoms with E-state index in [1.807, 2.05) is 6.07 Å². The number of hydrogen-bond donors (Lipinski definition) is 1. The van der Waals surface area contributed by atoms with E-state index in [4.69, 9.17) is 11.6 Å². The Hall–Kier alpha value is -3.52. The fourth-order valence-corrected chi connectivity index (χ4v) is 2.78. The standard InChI is InChI=1S/C17H10ClN5O3/c18-10-6-7-12-14(8-10)20-21-23(16(12)24)15-13(17(25)26)9-19-22(15)11-4-2-1-3-5-11/h1-9H,(H,25,26). The lowest BCUT2D eigenvalue weighted by Crippen LogP contribution is -2.26. The van der Waals surface area contributed by atoms with Crippen LogP contribution < -0.4 is 5.56 Å². The van der Waals surface area contributed by atoms with Gasteiger partial charge in [-0.1, -0.05) is 35.0 Å². The van der Waals surface area contributed by atoms with Gasteiger partial charge in [-0.3, -0.25) is 4.79 Å². The Bertz CT molecular complexity index is 1200. The van der Waals surface area contributed by atoms with Crippen molar-refractivity contribution >= 4 is 28.5 Å². The van der Waals surface area contributed by atoms with Crippen molar-refractivity contribution < 1.29 is 9.90 Å². The molecule has 0 atom stereocenters. The van der Waals surface area contributed by atoms with Gasteiger partial charge in [-0.05, 0) is 30.3 Å². The third-order valence-corrected chi connectivity index (χ3v) is 4.04. The molecule has 8 nitrogen and oxygen atoms in total. The molecule has 0 radical (unpaired) electrons. The second kappa shape index (κ2) is 6.08. The molecule has 0 saturated heterocycles. The summed E-state index contributed by atoms with van der Waals surface area (Å²) in [6.45, 7) is 0. The number of hydrogen-bond acceptors (Lipinski definition) is 5. The number of fused-ring (bicyclic) bond motifs is 1. The summed E-state index contributed by atoms with van der Waals surface area (Å²) in [7, 11) is 0. The maximum absolute atomic E-state index is 12.9. The van der Waals surface area contributed by atoms with Crippen LogP contribution in [0.5, 0.6) is 0 Å².